The Labute approximate surface area is 249 Å². The minimum atomic E-state index is -1.64. The molecule has 236 valence electrons. The van der Waals surface area contributed by atoms with E-state index in [-0.39, 0.29) is 18.6 Å². The van der Waals surface area contributed by atoms with Crippen LogP contribution in [0.15, 0.2) is 23.0 Å². The van der Waals surface area contributed by atoms with E-state index in [0.29, 0.717) is 5.56 Å². The molecule has 5 aliphatic rings. The van der Waals surface area contributed by atoms with Crippen molar-refractivity contribution in [1.29, 1.82) is 0 Å². The van der Waals surface area contributed by atoms with Crippen molar-refractivity contribution in [2.75, 3.05) is 7.11 Å². The number of cyclic esters (lactones) is 1. The highest BCUT2D eigenvalue weighted by atomic mass is 16.6. The monoisotopic (exact) mass is 604 g/mol. The number of carbonyl (C=O) groups is 5. The fourth-order valence-corrected chi connectivity index (χ4v) is 9.10. The second kappa shape index (κ2) is 10.2. The molecular weight excluding hydrogens is 564 g/mol. The maximum absolute atomic E-state index is 14.5. The molecule has 6 rings (SSSR count). The van der Waals surface area contributed by atoms with Gasteiger partial charge in [0.2, 0.25) is 0 Å². The molecule has 3 aliphatic heterocycles. The van der Waals surface area contributed by atoms with Crippen molar-refractivity contribution >= 4 is 29.7 Å². The molecule has 12 nitrogen and oxygen atoms in total. The van der Waals surface area contributed by atoms with Crippen molar-refractivity contribution in [3.05, 3.63) is 24.2 Å². The first-order chi connectivity index (χ1) is 20.0. The van der Waals surface area contributed by atoms with E-state index in [1.54, 1.807) is 40.7 Å². The maximum Gasteiger partial charge on any atom is 0.309 e. The summed E-state index contributed by atoms with van der Waals surface area (Å²) in [5, 5.41) is 12.5. The molecule has 0 radical (unpaired) electrons. The molecule has 2 saturated carbocycles. The molecule has 0 unspecified atom stereocenters. The Balaban J connectivity index is 1.84. The minimum absolute atomic E-state index is 0.223. The predicted octanol–water partition coefficient (Wildman–Crippen LogP) is 2.70. The topological polar surface area (TPSA) is 165 Å². The Kier molecular flexibility index (Phi) is 7.36. The number of methoxy groups -OCH3 is 1. The first-order valence-electron chi connectivity index (χ1n) is 14.5. The van der Waals surface area contributed by atoms with E-state index in [1.165, 1.54) is 33.5 Å². The van der Waals surface area contributed by atoms with Gasteiger partial charge in [-0.1, -0.05) is 34.6 Å². The lowest BCUT2D eigenvalue weighted by molar-refractivity contribution is -0.302. The van der Waals surface area contributed by atoms with Gasteiger partial charge in [-0.2, -0.15) is 0 Å². The Hall–Kier alpha value is -3.25. The van der Waals surface area contributed by atoms with Crippen molar-refractivity contribution in [1.82, 2.24) is 0 Å². The van der Waals surface area contributed by atoms with Crippen LogP contribution in [0.2, 0.25) is 0 Å². The number of ketones is 1. The van der Waals surface area contributed by atoms with Gasteiger partial charge in [-0.3, -0.25) is 24.0 Å². The fourth-order valence-electron chi connectivity index (χ4n) is 9.10. The molecule has 3 saturated heterocycles. The van der Waals surface area contributed by atoms with Crippen LogP contribution in [0.25, 0.3) is 0 Å². The molecule has 11 atom stereocenters. The number of furan rings is 1. The van der Waals surface area contributed by atoms with Gasteiger partial charge in [-0.25, -0.2) is 0 Å². The summed E-state index contributed by atoms with van der Waals surface area (Å²) in [5.74, 6) is -5.84. The van der Waals surface area contributed by atoms with Gasteiger partial charge in [0.25, 0.3) is 0 Å². The van der Waals surface area contributed by atoms with Gasteiger partial charge >= 0.3 is 23.9 Å². The van der Waals surface area contributed by atoms with Crippen molar-refractivity contribution in [2.24, 2.45) is 34.0 Å². The molecule has 0 aromatic carbocycles. The summed E-state index contributed by atoms with van der Waals surface area (Å²) in [7, 11) is 1.24. The van der Waals surface area contributed by atoms with E-state index in [0.717, 1.165) is 0 Å². The van der Waals surface area contributed by atoms with Crippen LogP contribution in [0.5, 0.6) is 0 Å². The zero-order valence-electron chi connectivity index (χ0n) is 25.7. The van der Waals surface area contributed by atoms with Crippen LogP contribution in [-0.2, 0) is 47.7 Å². The smallest absolute Gasteiger partial charge is 0.309 e. The van der Waals surface area contributed by atoms with Crippen LogP contribution in [0.3, 0.4) is 0 Å². The highest BCUT2D eigenvalue weighted by Crippen LogP contribution is 2.71. The zero-order chi connectivity index (χ0) is 31.9. The second-order valence-electron chi connectivity index (χ2n) is 13.5. The molecule has 5 fully saturated rings. The molecule has 1 aromatic heterocycles. The SMILES string of the molecule is COC(=O)C[C@H]1C(C)(C)[C@H](OC(C)=O)[C@H](OC(C)=O)[C@@H]2O[C@]34CC(=O)O[C@@H](c5ccoc5)[C@]3(C)[C@@H](O)[C@@H](C(=O)[C@@H]4C)[C@@]21C. The van der Waals surface area contributed by atoms with E-state index in [1.807, 2.05) is 0 Å². The summed E-state index contributed by atoms with van der Waals surface area (Å²) >= 11 is 0. The van der Waals surface area contributed by atoms with Gasteiger partial charge in [0.05, 0.1) is 43.5 Å². The molecule has 4 heterocycles. The average molecular weight is 605 g/mol. The summed E-state index contributed by atoms with van der Waals surface area (Å²) < 4.78 is 35.1. The van der Waals surface area contributed by atoms with Gasteiger partial charge in [0, 0.05) is 42.6 Å². The van der Waals surface area contributed by atoms with Crippen LogP contribution >= 0.6 is 0 Å². The largest absolute Gasteiger partial charge is 0.472 e. The number of aliphatic hydroxyl groups excluding tert-OH is 1. The Morgan fingerprint density at radius 3 is 2.28 bits per heavy atom. The second-order valence-corrected chi connectivity index (χ2v) is 13.5. The molecule has 1 spiro atoms. The number of esters is 4. The first kappa shape index (κ1) is 31.2. The third-order valence-electron chi connectivity index (χ3n) is 11.1. The number of fused-ring (bicyclic) bond motifs is 1. The van der Waals surface area contributed by atoms with E-state index in [4.69, 9.17) is 28.1 Å². The van der Waals surface area contributed by atoms with Crippen LogP contribution in [0.1, 0.15) is 73.0 Å². The highest BCUT2D eigenvalue weighted by Gasteiger charge is 2.81. The number of Topliss-reactive ketones (excluding diaryl/α,β-unsaturated/α-hetero) is 1. The summed E-state index contributed by atoms with van der Waals surface area (Å²) in [6.45, 7) is 11.1. The molecule has 1 aromatic rings. The van der Waals surface area contributed by atoms with E-state index < -0.39 is 94.0 Å². The Bertz CT molecular complexity index is 1330. The minimum Gasteiger partial charge on any atom is -0.472 e. The van der Waals surface area contributed by atoms with Gasteiger partial charge in [-0.15, -0.1) is 0 Å². The van der Waals surface area contributed by atoms with Gasteiger partial charge < -0.3 is 33.2 Å². The van der Waals surface area contributed by atoms with E-state index in [2.05, 4.69) is 0 Å². The lowest BCUT2D eigenvalue weighted by Gasteiger charge is -2.61. The number of carbonyl (C=O) groups excluding carboxylic acids is 5. The number of hydrogen-bond donors (Lipinski definition) is 1. The molecule has 2 aliphatic carbocycles. The van der Waals surface area contributed by atoms with Crippen LogP contribution in [-0.4, -0.2) is 71.9 Å². The quantitative estimate of drug-likeness (QED) is 0.386. The number of ether oxygens (including phenoxy) is 5. The van der Waals surface area contributed by atoms with Crippen LogP contribution < -0.4 is 0 Å². The van der Waals surface area contributed by atoms with Crippen LogP contribution in [0.4, 0.5) is 0 Å². The standard InChI is InChI=1S/C31H40O12/c1-14-22(36)21-24(37)30(7)25(17-9-10-39-13-17)42-20(35)12-31(14,30)43-27-23(40-15(2)32)26(41-16(3)33)28(4,5)18(29(21,27)6)11-19(34)38-8/h9-10,13-14,18,21,23-27,37H,11-12H2,1-8H3/t14-,18-,21+,23-,24-,25-,26+,27-,29-,30-,31-/m0/s1. The summed E-state index contributed by atoms with van der Waals surface area (Å²) in [5.41, 5.74) is -5.08. The molecular formula is C31H40O12. The van der Waals surface area contributed by atoms with Gasteiger partial charge in [-0.05, 0) is 12.0 Å². The molecule has 0 amide bonds. The maximum atomic E-state index is 14.5. The van der Waals surface area contributed by atoms with Gasteiger partial charge in [0.15, 0.2) is 6.10 Å². The molecule has 1 N–H and O–H groups in total. The third-order valence-corrected chi connectivity index (χ3v) is 11.1. The Morgan fingerprint density at radius 2 is 1.72 bits per heavy atom. The number of aliphatic hydroxyl groups is 1. The van der Waals surface area contributed by atoms with Crippen LogP contribution in [0, 0.1) is 34.0 Å². The molecule has 43 heavy (non-hydrogen) atoms. The molecule has 12 heteroatoms. The van der Waals surface area contributed by atoms with Crippen molar-refractivity contribution in [2.45, 2.75) is 97.4 Å². The lowest BCUT2D eigenvalue weighted by atomic mass is 9.43. The van der Waals surface area contributed by atoms with E-state index >= 15 is 0 Å². The molecule has 2 bridgehead atoms. The van der Waals surface area contributed by atoms with Crippen molar-refractivity contribution in [3.63, 3.8) is 0 Å². The number of rotatable bonds is 5. The summed E-state index contributed by atoms with van der Waals surface area (Å²) in [4.78, 5) is 65.9. The first-order valence-corrected chi connectivity index (χ1v) is 14.5. The highest BCUT2D eigenvalue weighted by molar-refractivity contribution is 5.90. The fraction of sp³-hybridized carbons (Fsp3) is 0.710. The average Bonchev–Trinajstić information content (AvgIpc) is 3.42. The van der Waals surface area contributed by atoms with Gasteiger partial charge in [0.1, 0.15) is 29.7 Å². The summed E-state index contributed by atoms with van der Waals surface area (Å²) in [6.07, 6.45) is -3.85. The van der Waals surface area contributed by atoms with Crippen molar-refractivity contribution in [3.8, 4) is 0 Å². The third kappa shape index (κ3) is 4.12. The number of hydrogen-bond acceptors (Lipinski definition) is 12. The summed E-state index contributed by atoms with van der Waals surface area (Å²) in [6, 6.07) is 1.62. The van der Waals surface area contributed by atoms with E-state index in [9.17, 15) is 29.1 Å². The van der Waals surface area contributed by atoms with Crippen molar-refractivity contribution < 1.29 is 57.2 Å². The zero-order valence-corrected chi connectivity index (χ0v) is 25.7. The lowest BCUT2D eigenvalue weighted by Crippen LogP contribution is -2.71. The normalized spacial score (nSPS) is 43.0. The Morgan fingerprint density at radius 1 is 1.07 bits per heavy atom. The predicted molar refractivity (Wildman–Crippen MR) is 145 cm³/mol.